The molecule has 0 radical (unpaired) electrons. The Hall–Kier alpha value is -2.20. The van der Waals surface area contributed by atoms with Crippen LogP contribution in [0.1, 0.15) is 11.1 Å². The van der Waals surface area contributed by atoms with Gasteiger partial charge in [0.05, 0.1) is 32.5 Å². The fourth-order valence-corrected chi connectivity index (χ4v) is 2.78. The minimum Gasteiger partial charge on any atom is -0.376 e. The average molecular weight is 351 g/mol. The summed E-state index contributed by atoms with van der Waals surface area (Å²) in [4.78, 5) is 2.41. The Morgan fingerprint density at radius 2 is 1.15 bits per heavy atom. The van der Waals surface area contributed by atoms with Crippen molar-refractivity contribution in [1.82, 2.24) is 4.90 Å². The normalized spacial score (nSPS) is 11.0. The van der Waals surface area contributed by atoms with Crippen molar-refractivity contribution >= 4 is 0 Å². The monoisotopic (exact) mass is 351 g/mol. The van der Waals surface area contributed by atoms with Crippen molar-refractivity contribution in [3.63, 3.8) is 0 Å². The van der Waals surface area contributed by atoms with Gasteiger partial charge in [-0.1, -0.05) is 72.8 Å². The van der Waals surface area contributed by atoms with Gasteiger partial charge in [0.25, 0.3) is 0 Å². The lowest BCUT2D eigenvalue weighted by molar-refractivity contribution is 0.0109. The van der Waals surface area contributed by atoms with Crippen LogP contribution in [0, 0.1) is 0 Å². The zero-order valence-electron chi connectivity index (χ0n) is 15.4. The summed E-state index contributed by atoms with van der Waals surface area (Å²) in [6.07, 6.45) is 3.56. The van der Waals surface area contributed by atoms with Crippen LogP contribution >= 0.6 is 0 Å². The van der Waals surface area contributed by atoms with Gasteiger partial charge in [-0.05, 0) is 11.1 Å². The van der Waals surface area contributed by atoms with Crippen LogP contribution in [0.25, 0.3) is 0 Å². The average Bonchev–Trinajstić information content (AvgIpc) is 2.68. The van der Waals surface area contributed by atoms with Crippen LogP contribution in [-0.4, -0.2) is 37.4 Å². The zero-order chi connectivity index (χ0) is 18.5. The van der Waals surface area contributed by atoms with Gasteiger partial charge in [-0.2, -0.15) is 0 Å². The molecule has 0 fully saturated rings. The van der Waals surface area contributed by atoms with Crippen molar-refractivity contribution < 1.29 is 9.47 Å². The predicted octanol–water partition coefficient (Wildman–Crippen LogP) is 4.46. The van der Waals surface area contributed by atoms with Crippen molar-refractivity contribution in [2.45, 2.75) is 19.1 Å². The Kier molecular flexibility index (Phi) is 9.44. The van der Waals surface area contributed by atoms with E-state index in [2.05, 4.69) is 66.6 Å². The molecule has 0 atom stereocenters. The third-order valence-corrected chi connectivity index (χ3v) is 4.07. The molecule has 0 aliphatic heterocycles. The second-order valence-corrected chi connectivity index (χ2v) is 6.18. The van der Waals surface area contributed by atoms with E-state index < -0.39 is 0 Å². The van der Waals surface area contributed by atoms with E-state index in [4.69, 9.17) is 9.47 Å². The predicted molar refractivity (Wildman–Crippen MR) is 108 cm³/mol. The van der Waals surface area contributed by atoms with Gasteiger partial charge in [-0.15, -0.1) is 13.2 Å². The van der Waals surface area contributed by atoms with E-state index in [0.717, 1.165) is 13.1 Å². The molecule has 0 N–H and O–H groups in total. The molecule has 0 saturated carbocycles. The van der Waals surface area contributed by atoms with E-state index in [-0.39, 0.29) is 6.04 Å². The molecule has 26 heavy (non-hydrogen) atoms. The number of ether oxygens (including phenoxy) is 2. The third-order valence-electron chi connectivity index (χ3n) is 4.07. The fraction of sp³-hybridized carbons (Fsp3) is 0.304. The van der Waals surface area contributed by atoms with E-state index in [1.54, 1.807) is 12.2 Å². The molecule has 0 spiro atoms. The number of hydrogen-bond acceptors (Lipinski definition) is 3. The van der Waals surface area contributed by atoms with Crippen molar-refractivity contribution in [3.05, 3.63) is 97.1 Å². The molecular formula is C23H29NO2. The van der Waals surface area contributed by atoms with Crippen LogP contribution in [-0.2, 0) is 22.6 Å². The van der Waals surface area contributed by atoms with Gasteiger partial charge in [0, 0.05) is 13.1 Å². The summed E-state index contributed by atoms with van der Waals surface area (Å²) in [7, 11) is 0. The van der Waals surface area contributed by atoms with Gasteiger partial charge in [-0.25, -0.2) is 0 Å². The van der Waals surface area contributed by atoms with Gasteiger partial charge < -0.3 is 9.47 Å². The highest BCUT2D eigenvalue weighted by molar-refractivity contribution is 5.17. The molecule has 0 aromatic heterocycles. The number of rotatable bonds is 13. The Morgan fingerprint density at radius 3 is 1.54 bits per heavy atom. The summed E-state index contributed by atoms with van der Waals surface area (Å²) in [5, 5.41) is 0. The highest BCUT2D eigenvalue weighted by atomic mass is 16.5. The lowest BCUT2D eigenvalue weighted by Crippen LogP contribution is -2.41. The molecular weight excluding hydrogens is 322 g/mol. The highest BCUT2D eigenvalue weighted by Gasteiger charge is 2.20. The quantitative estimate of drug-likeness (QED) is 0.393. The topological polar surface area (TPSA) is 21.7 Å². The fourth-order valence-electron chi connectivity index (χ4n) is 2.78. The Balaban J connectivity index is 2.14. The van der Waals surface area contributed by atoms with Gasteiger partial charge in [0.15, 0.2) is 0 Å². The highest BCUT2D eigenvalue weighted by Crippen LogP contribution is 2.14. The van der Waals surface area contributed by atoms with Crippen LogP contribution in [0.4, 0.5) is 0 Å². The van der Waals surface area contributed by atoms with Crippen LogP contribution in [0.5, 0.6) is 0 Å². The molecule has 0 bridgehead atoms. The Morgan fingerprint density at radius 1 is 0.731 bits per heavy atom. The van der Waals surface area contributed by atoms with Gasteiger partial charge in [-0.3, -0.25) is 4.90 Å². The molecule has 0 aliphatic rings. The molecule has 2 aromatic rings. The first kappa shape index (κ1) is 20.1. The maximum Gasteiger partial charge on any atom is 0.0648 e. The van der Waals surface area contributed by atoms with Crippen LogP contribution in [0.3, 0.4) is 0 Å². The first-order chi connectivity index (χ1) is 12.8. The smallest absolute Gasteiger partial charge is 0.0648 e. The van der Waals surface area contributed by atoms with E-state index in [9.17, 15) is 0 Å². The summed E-state index contributed by atoms with van der Waals surface area (Å²) in [6, 6.07) is 21.2. The summed E-state index contributed by atoms with van der Waals surface area (Å²) in [5.41, 5.74) is 2.56. The van der Waals surface area contributed by atoms with Crippen LogP contribution < -0.4 is 0 Å². The molecule has 0 amide bonds. The molecule has 0 heterocycles. The number of benzene rings is 2. The standard InChI is InChI=1S/C23H29NO2/c1-3-15-25-19-23(20-26-16-4-2)24(17-21-11-7-5-8-12-21)18-22-13-9-6-10-14-22/h3-14,23H,1-2,15-20H2. The van der Waals surface area contributed by atoms with Gasteiger partial charge >= 0.3 is 0 Å². The molecule has 138 valence electrons. The third kappa shape index (κ3) is 7.36. The lowest BCUT2D eigenvalue weighted by atomic mass is 10.1. The summed E-state index contributed by atoms with van der Waals surface area (Å²) in [5.74, 6) is 0. The maximum absolute atomic E-state index is 5.77. The Labute approximate surface area is 157 Å². The zero-order valence-corrected chi connectivity index (χ0v) is 15.4. The number of nitrogens with zero attached hydrogens (tertiary/aromatic N) is 1. The molecule has 0 aliphatic carbocycles. The molecule has 2 rings (SSSR count). The first-order valence-corrected chi connectivity index (χ1v) is 9.02. The second-order valence-electron chi connectivity index (χ2n) is 6.18. The van der Waals surface area contributed by atoms with Gasteiger partial charge in [0.1, 0.15) is 0 Å². The van der Waals surface area contributed by atoms with Crippen LogP contribution in [0.2, 0.25) is 0 Å². The van der Waals surface area contributed by atoms with Crippen molar-refractivity contribution in [3.8, 4) is 0 Å². The lowest BCUT2D eigenvalue weighted by Gasteiger charge is -2.31. The molecule has 3 nitrogen and oxygen atoms in total. The minimum absolute atomic E-state index is 0.148. The summed E-state index contributed by atoms with van der Waals surface area (Å²) < 4.78 is 11.5. The van der Waals surface area contributed by atoms with E-state index >= 15 is 0 Å². The van der Waals surface area contributed by atoms with Crippen molar-refractivity contribution in [1.29, 1.82) is 0 Å². The molecule has 2 aromatic carbocycles. The first-order valence-electron chi connectivity index (χ1n) is 9.02. The van der Waals surface area contributed by atoms with E-state index in [0.29, 0.717) is 26.4 Å². The molecule has 3 heteroatoms. The SMILES string of the molecule is C=CCOCC(COCC=C)N(Cc1ccccc1)Cc1ccccc1. The second kappa shape index (κ2) is 12.2. The Bertz CT molecular complexity index is 572. The number of hydrogen-bond donors (Lipinski definition) is 0. The van der Waals surface area contributed by atoms with Gasteiger partial charge in [0.2, 0.25) is 0 Å². The maximum atomic E-state index is 5.77. The van der Waals surface area contributed by atoms with Crippen LogP contribution in [0.15, 0.2) is 86.0 Å². The largest absolute Gasteiger partial charge is 0.376 e. The van der Waals surface area contributed by atoms with Crippen molar-refractivity contribution in [2.75, 3.05) is 26.4 Å². The summed E-state index contributed by atoms with van der Waals surface area (Å²) in [6.45, 7) is 11.4. The summed E-state index contributed by atoms with van der Waals surface area (Å²) >= 11 is 0. The molecule has 0 saturated heterocycles. The van der Waals surface area contributed by atoms with Crippen molar-refractivity contribution in [2.24, 2.45) is 0 Å². The van der Waals surface area contributed by atoms with E-state index in [1.165, 1.54) is 11.1 Å². The molecule has 0 unspecified atom stereocenters. The minimum atomic E-state index is 0.148. The van der Waals surface area contributed by atoms with E-state index in [1.807, 2.05) is 12.1 Å².